The Morgan fingerprint density at radius 1 is 1.35 bits per heavy atom. The molecule has 0 amide bonds. The van der Waals surface area contributed by atoms with Crippen LogP contribution >= 0.6 is 27.7 Å². The first kappa shape index (κ1) is 16.2. The first-order valence-electron chi connectivity index (χ1n) is 7.58. The number of halogens is 1. The third-order valence-corrected chi connectivity index (χ3v) is 5.26. The fourth-order valence-corrected chi connectivity index (χ4v) is 3.88. The standard InChI is InChI=1S/C16H25BrN2S/c1-3-7-18-13(2)15-12-14(17)5-6-16(15)19-8-4-10-20-11-9-19/h5-6,12-13,18H,3-4,7-11H2,1-2H3. The molecule has 2 rings (SSSR count). The van der Waals surface area contributed by atoms with Gasteiger partial charge in [0.1, 0.15) is 0 Å². The van der Waals surface area contributed by atoms with E-state index in [1.165, 1.54) is 53.2 Å². The van der Waals surface area contributed by atoms with E-state index in [1.54, 1.807) is 0 Å². The van der Waals surface area contributed by atoms with Gasteiger partial charge < -0.3 is 10.2 Å². The van der Waals surface area contributed by atoms with Gasteiger partial charge in [0.2, 0.25) is 0 Å². The zero-order valence-corrected chi connectivity index (χ0v) is 14.9. The summed E-state index contributed by atoms with van der Waals surface area (Å²) < 4.78 is 1.17. The van der Waals surface area contributed by atoms with E-state index in [9.17, 15) is 0 Å². The normalized spacial score (nSPS) is 17.9. The highest BCUT2D eigenvalue weighted by atomic mass is 79.9. The van der Waals surface area contributed by atoms with Gasteiger partial charge >= 0.3 is 0 Å². The number of thioether (sulfide) groups is 1. The Kier molecular flexibility index (Phi) is 6.72. The second-order valence-electron chi connectivity index (χ2n) is 5.33. The third-order valence-electron chi connectivity index (χ3n) is 3.72. The van der Waals surface area contributed by atoms with E-state index in [2.05, 4.69) is 70.0 Å². The second kappa shape index (κ2) is 8.30. The molecule has 1 aliphatic heterocycles. The van der Waals surface area contributed by atoms with Crippen molar-refractivity contribution in [3.8, 4) is 0 Å². The molecule has 1 aromatic rings. The zero-order valence-electron chi connectivity index (χ0n) is 12.5. The lowest BCUT2D eigenvalue weighted by Crippen LogP contribution is -2.29. The average molecular weight is 357 g/mol. The van der Waals surface area contributed by atoms with Crippen molar-refractivity contribution >= 4 is 33.4 Å². The summed E-state index contributed by atoms with van der Waals surface area (Å²) >= 11 is 5.70. The van der Waals surface area contributed by atoms with Gasteiger partial charge in [-0.1, -0.05) is 22.9 Å². The first-order valence-corrected chi connectivity index (χ1v) is 9.52. The van der Waals surface area contributed by atoms with E-state index in [-0.39, 0.29) is 0 Å². The number of rotatable bonds is 5. The van der Waals surface area contributed by atoms with E-state index >= 15 is 0 Å². The summed E-state index contributed by atoms with van der Waals surface area (Å²) in [7, 11) is 0. The summed E-state index contributed by atoms with van der Waals surface area (Å²) in [5, 5.41) is 3.62. The number of anilines is 1. The van der Waals surface area contributed by atoms with Crippen molar-refractivity contribution in [1.82, 2.24) is 5.32 Å². The lowest BCUT2D eigenvalue weighted by molar-refractivity contribution is 0.569. The minimum Gasteiger partial charge on any atom is -0.370 e. The molecule has 0 saturated carbocycles. The monoisotopic (exact) mass is 356 g/mol. The number of nitrogens with zero attached hydrogens (tertiary/aromatic N) is 1. The number of hydrogen-bond acceptors (Lipinski definition) is 3. The molecule has 4 heteroatoms. The molecule has 1 aromatic carbocycles. The molecule has 20 heavy (non-hydrogen) atoms. The maximum absolute atomic E-state index is 3.62. The van der Waals surface area contributed by atoms with Gasteiger partial charge in [-0.3, -0.25) is 0 Å². The van der Waals surface area contributed by atoms with Gasteiger partial charge in [-0.2, -0.15) is 11.8 Å². The van der Waals surface area contributed by atoms with Crippen LogP contribution in [0.1, 0.15) is 38.3 Å². The van der Waals surface area contributed by atoms with Crippen molar-refractivity contribution in [2.24, 2.45) is 0 Å². The number of hydrogen-bond donors (Lipinski definition) is 1. The van der Waals surface area contributed by atoms with Crippen LogP contribution in [0.2, 0.25) is 0 Å². The summed E-state index contributed by atoms with van der Waals surface area (Å²) in [5.74, 6) is 2.54. The van der Waals surface area contributed by atoms with Gasteiger partial charge in [-0.05, 0) is 55.8 Å². The molecule has 0 aliphatic carbocycles. The lowest BCUT2D eigenvalue weighted by atomic mass is 10.0. The molecular formula is C16H25BrN2S. The van der Waals surface area contributed by atoms with Crippen LogP contribution in [-0.4, -0.2) is 31.1 Å². The first-order chi connectivity index (χ1) is 9.72. The molecule has 0 bridgehead atoms. The predicted octanol–water partition coefficient (Wildman–Crippen LogP) is 4.45. The van der Waals surface area contributed by atoms with Crippen LogP contribution in [-0.2, 0) is 0 Å². The van der Waals surface area contributed by atoms with E-state index in [0.29, 0.717) is 6.04 Å². The number of nitrogens with one attached hydrogen (secondary N) is 1. The molecule has 0 radical (unpaired) electrons. The maximum Gasteiger partial charge on any atom is 0.0415 e. The summed E-state index contributed by atoms with van der Waals surface area (Å²) in [6, 6.07) is 7.13. The molecule has 1 saturated heterocycles. The minimum atomic E-state index is 0.401. The molecular weight excluding hydrogens is 332 g/mol. The molecule has 112 valence electrons. The third kappa shape index (κ3) is 4.40. The fourth-order valence-electron chi connectivity index (χ4n) is 2.62. The Balaban J connectivity index is 2.21. The summed E-state index contributed by atoms with van der Waals surface area (Å²) in [4.78, 5) is 2.56. The molecule has 1 heterocycles. The molecule has 0 spiro atoms. The van der Waals surface area contributed by atoms with E-state index in [1.807, 2.05) is 0 Å². The van der Waals surface area contributed by atoms with Gasteiger partial charge in [0.15, 0.2) is 0 Å². The zero-order chi connectivity index (χ0) is 14.4. The van der Waals surface area contributed by atoms with Crippen LogP contribution in [0.15, 0.2) is 22.7 Å². The number of benzene rings is 1. The van der Waals surface area contributed by atoms with E-state index in [0.717, 1.165) is 6.54 Å². The molecule has 1 N–H and O–H groups in total. The Bertz CT molecular complexity index is 417. The molecule has 1 aliphatic rings. The van der Waals surface area contributed by atoms with Crippen LogP contribution in [0.25, 0.3) is 0 Å². The van der Waals surface area contributed by atoms with Crippen LogP contribution in [0.3, 0.4) is 0 Å². The largest absolute Gasteiger partial charge is 0.370 e. The molecule has 2 nitrogen and oxygen atoms in total. The van der Waals surface area contributed by atoms with Crippen molar-refractivity contribution < 1.29 is 0 Å². The molecule has 1 unspecified atom stereocenters. The molecule has 1 fully saturated rings. The minimum absolute atomic E-state index is 0.401. The summed E-state index contributed by atoms with van der Waals surface area (Å²) in [6.07, 6.45) is 2.46. The highest BCUT2D eigenvalue weighted by molar-refractivity contribution is 9.10. The second-order valence-corrected chi connectivity index (χ2v) is 7.47. The van der Waals surface area contributed by atoms with Gasteiger partial charge in [0.25, 0.3) is 0 Å². The predicted molar refractivity (Wildman–Crippen MR) is 95.0 cm³/mol. The average Bonchev–Trinajstić information content (AvgIpc) is 2.73. The quantitative estimate of drug-likeness (QED) is 0.838. The Morgan fingerprint density at radius 2 is 2.20 bits per heavy atom. The van der Waals surface area contributed by atoms with Crippen LogP contribution in [0, 0.1) is 0 Å². The maximum atomic E-state index is 3.62. The van der Waals surface area contributed by atoms with Crippen LogP contribution in [0.5, 0.6) is 0 Å². The van der Waals surface area contributed by atoms with Gasteiger partial charge in [-0.15, -0.1) is 0 Å². The highest BCUT2D eigenvalue weighted by Gasteiger charge is 2.17. The summed E-state index contributed by atoms with van der Waals surface area (Å²) in [6.45, 7) is 7.91. The highest BCUT2D eigenvalue weighted by Crippen LogP contribution is 2.31. The van der Waals surface area contributed by atoms with Crippen molar-refractivity contribution in [2.75, 3.05) is 36.0 Å². The van der Waals surface area contributed by atoms with E-state index < -0.39 is 0 Å². The lowest BCUT2D eigenvalue weighted by Gasteiger charge is -2.28. The van der Waals surface area contributed by atoms with Gasteiger partial charge in [0.05, 0.1) is 0 Å². The fraction of sp³-hybridized carbons (Fsp3) is 0.625. The van der Waals surface area contributed by atoms with Crippen molar-refractivity contribution in [3.05, 3.63) is 28.2 Å². The van der Waals surface area contributed by atoms with E-state index in [4.69, 9.17) is 0 Å². The van der Waals surface area contributed by atoms with Crippen LogP contribution < -0.4 is 10.2 Å². The Morgan fingerprint density at radius 3 is 3.00 bits per heavy atom. The summed E-state index contributed by atoms with van der Waals surface area (Å²) in [5.41, 5.74) is 2.83. The SMILES string of the molecule is CCCNC(C)c1cc(Br)ccc1N1CCCSCC1. The van der Waals surface area contributed by atoms with Crippen LogP contribution in [0.4, 0.5) is 5.69 Å². The topological polar surface area (TPSA) is 15.3 Å². The Hall–Kier alpha value is -0.190. The van der Waals surface area contributed by atoms with Crippen molar-refractivity contribution in [1.29, 1.82) is 0 Å². The van der Waals surface area contributed by atoms with Gasteiger partial charge in [0, 0.05) is 35.0 Å². The molecule has 0 aromatic heterocycles. The Labute approximate surface area is 135 Å². The van der Waals surface area contributed by atoms with Crippen molar-refractivity contribution in [3.63, 3.8) is 0 Å². The van der Waals surface area contributed by atoms with Crippen molar-refractivity contribution in [2.45, 2.75) is 32.7 Å². The van der Waals surface area contributed by atoms with Gasteiger partial charge in [-0.25, -0.2) is 0 Å². The smallest absolute Gasteiger partial charge is 0.0415 e. The molecule has 1 atom stereocenters.